The van der Waals surface area contributed by atoms with Crippen LogP contribution in [0.5, 0.6) is 23.0 Å². The van der Waals surface area contributed by atoms with Crippen molar-refractivity contribution in [2.45, 2.75) is 37.1 Å². The Labute approximate surface area is 254 Å². The summed E-state index contributed by atoms with van der Waals surface area (Å²) in [5.74, 6) is -0.248. The van der Waals surface area contributed by atoms with Gasteiger partial charge in [0.1, 0.15) is 6.10 Å². The van der Waals surface area contributed by atoms with Crippen molar-refractivity contribution in [3.63, 3.8) is 0 Å². The number of hydrogen-bond donors (Lipinski definition) is 0. The van der Waals surface area contributed by atoms with Gasteiger partial charge in [-0.25, -0.2) is 4.79 Å². The van der Waals surface area contributed by atoms with Crippen molar-refractivity contribution in [1.29, 1.82) is 0 Å². The van der Waals surface area contributed by atoms with Crippen LogP contribution in [0.15, 0.2) is 72.8 Å². The highest BCUT2D eigenvalue weighted by Crippen LogP contribution is 2.43. The second-order valence-corrected chi connectivity index (χ2v) is 9.62. The molecule has 0 aliphatic rings. The molecule has 3 aromatic rings. The van der Waals surface area contributed by atoms with E-state index in [2.05, 4.69) is 0 Å². The number of ether oxygens (including phenoxy) is 6. The molecule has 0 fully saturated rings. The van der Waals surface area contributed by atoms with Crippen LogP contribution in [0, 0.1) is 0 Å². The monoisotopic (exact) mass is 616 g/mol. The quantitative estimate of drug-likeness (QED) is 0.144. The molecule has 3 aromatic carbocycles. The fourth-order valence-electron chi connectivity index (χ4n) is 4.63. The number of carbonyl (C=O) groups excluding carboxylic acids is 2. The maximum Gasteiger partial charge on any atom is 0.432 e. The highest BCUT2D eigenvalue weighted by Gasteiger charge is 2.64. The summed E-state index contributed by atoms with van der Waals surface area (Å²) in [6, 6.07) is 16.7. The van der Waals surface area contributed by atoms with Gasteiger partial charge in [-0.05, 0) is 54.3 Å². The Morgan fingerprint density at radius 1 is 0.773 bits per heavy atom. The predicted molar refractivity (Wildman–Crippen MR) is 157 cm³/mol. The van der Waals surface area contributed by atoms with Crippen LogP contribution in [0.25, 0.3) is 6.08 Å². The van der Waals surface area contributed by atoms with Gasteiger partial charge in [0.25, 0.3) is 5.60 Å². The average molecular weight is 617 g/mol. The van der Waals surface area contributed by atoms with Gasteiger partial charge in [0.05, 0.1) is 28.4 Å². The van der Waals surface area contributed by atoms with Gasteiger partial charge >= 0.3 is 12.1 Å². The van der Waals surface area contributed by atoms with Crippen LogP contribution in [0.4, 0.5) is 13.2 Å². The van der Waals surface area contributed by atoms with Crippen molar-refractivity contribution in [3.05, 3.63) is 89.5 Å². The zero-order chi connectivity index (χ0) is 32.3. The third kappa shape index (κ3) is 7.90. The number of rotatable bonds is 15. The van der Waals surface area contributed by atoms with Crippen molar-refractivity contribution >= 4 is 17.8 Å². The third-order valence-corrected chi connectivity index (χ3v) is 6.95. The Hall–Kier alpha value is -4.51. The summed E-state index contributed by atoms with van der Waals surface area (Å²) in [5.41, 5.74) is -2.49. The summed E-state index contributed by atoms with van der Waals surface area (Å²) in [4.78, 5) is 26.4. The number of alkyl halides is 3. The average Bonchev–Trinajstić information content (AvgIpc) is 3.02. The number of methoxy groups -OCH3 is 5. The molecule has 0 saturated heterocycles. The summed E-state index contributed by atoms with van der Waals surface area (Å²) >= 11 is 0. The lowest BCUT2D eigenvalue weighted by Crippen LogP contribution is -2.52. The largest absolute Gasteiger partial charge is 0.493 e. The number of carbonyl (C=O) groups is 2. The number of allylic oxidation sites excluding steroid dienone is 1. The Bertz CT molecular complexity index is 1440. The van der Waals surface area contributed by atoms with Crippen molar-refractivity contribution in [3.8, 4) is 23.0 Å². The first-order valence-corrected chi connectivity index (χ1v) is 13.5. The first kappa shape index (κ1) is 34.0. The van der Waals surface area contributed by atoms with E-state index in [9.17, 15) is 22.8 Å². The van der Waals surface area contributed by atoms with Crippen molar-refractivity contribution < 1.29 is 51.2 Å². The number of benzene rings is 3. The standard InChI is InChI=1S/C33H35F3O8/c1-39-27-17-13-22(19-29(27)41-3)11-15-25(37)21-26(16-12-23-14-18-28(40-2)30(20-23)42-4)44-31(38)32(43-5,33(34,35)36)24-9-7-6-8-10-24/h6-11,13-15,17-20,26H,12,16,21H2,1-5H3/b15-11+/t26-,32-/m0/s1. The topological polar surface area (TPSA) is 89.5 Å². The fourth-order valence-corrected chi connectivity index (χ4v) is 4.63. The first-order valence-electron chi connectivity index (χ1n) is 13.5. The van der Waals surface area contributed by atoms with E-state index in [1.54, 1.807) is 36.4 Å². The van der Waals surface area contributed by atoms with E-state index >= 15 is 0 Å². The minimum absolute atomic E-state index is 0.0314. The van der Waals surface area contributed by atoms with Crippen LogP contribution in [-0.4, -0.2) is 59.6 Å². The van der Waals surface area contributed by atoms with Crippen molar-refractivity contribution in [2.75, 3.05) is 35.5 Å². The van der Waals surface area contributed by atoms with Crippen LogP contribution in [0.1, 0.15) is 29.5 Å². The zero-order valence-electron chi connectivity index (χ0n) is 25.1. The maximum atomic E-state index is 14.5. The smallest absolute Gasteiger partial charge is 0.432 e. The molecule has 0 heterocycles. The molecule has 2 atom stereocenters. The molecule has 0 amide bonds. The molecule has 44 heavy (non-hydrogen) atoms. The molecular formula is C33H35F3O8. The number of halogens is 3. The SMILES string of the molecule is COc1ccc(/C=C/C(=O)C[C@H](CCc2ccc(OC)c(OC)c2)OC(=O)[C@@](OC)(c2ccccc2)C(F)(F)F)cc1OC. The third-order valence-electron chi connectivity index (χ3n) is 6.95. The van der Waals surface area contributed by atoms with Crippen LogP contribution < -0.4 is 18.9 Å². The maximum absolute atomic E-state index is 14.5. The minimum Gasteiger partial charge on any atom is -0.493 e. The van der Waals surface area contributed by atoms with Gasteiger partial charge in [0.15, 0.2) is 28.8 Å². The molecule has 236 valence electrons. The van der Waals surface area contributed by atoms with Crippen molar-refractivity contribution in [2.24, 2.45) is 0 Å². The van der Waals surface area contributed by atoms with Gasteiger partial charge in [0, 0.05) is 19.1 Å². The Kier molecular flexibility index (Phi) is 11.8. The lowest BCUT2D eigenvalue weighted by atomic mass is 9.92. The summed E-state index contributed by atoms with van der Waals surface area (Å²) in [6.07, 6.45) is -3.69. The number of aryl methyl sites for hydroxylation is 1. The van der Waals surface area contributed by atoms with Crippen molar-refractivity contribution in [1.82, 2.24) is 0 Å². The Morgan fingerprint density at radius 3 is 1.93 bits per heavy atom. The molecule has 0 unspecified atom stereocenters. The fraction of sp³-hybridized carbons (Fsp3) is 0.333. The van der Waals surface area contributed by atoms with E-state index in [0.717, 1.165) is 24.8 Å². The molecule has 0 bridgehead atoms. The molecule has 0 saturated carbocycles. The summed E-state index contributed by atoms with van der Waals surface area (Å²) in [7, 11) is 6.72. The zero-order valence-corrected chi connectivity index (χ0v) is 25.1. The molecular weight excluding hydrogens is 581 g/mol. The highest BCUT2D eigenvalue weighted by molar-refractivity contribution is 5.94. The molecule has 11 heteroatoms. The van der Waals surface area contributed by atoms with E-state index in [4.69, 9.17) is 28.4 Å². The summed E-state index contributed by atoms with van der Waals surface area (Å²) in [5, 5.41) is 0. The van der Waals surface area contributed by atoms with Gasteiger partial charge in [0.2, 0.25) is 0 Å². The molecule has 3 rings (SSSR count). The summed E-state index contributed by atoms with van der Waals surface area (Å²) in [6.45, 7) is 0. The van der Waals surface area contributed by atoms with Crippen LogP contribution in [0.3, 0.4) is 0 Å². The van der Waals surface area contributed by atoms with Gasteiger partial charge in [-0.15, -0.1) is 0 Å². The van der Waals surface area contributed by atoms with Crippen LogP contribution in [-0.2, 0) is 31.1 Å². The highest BCUT2D eigenvalue weighted by atomic mass is 19.4. The Morgan fingerprint density at radius 2 is 1.36 bits per heavy atom. The molecule has 0 aliphatic heterocycles. The van der Waals surface area contributed by atoms with Gasteiger partial charge < -0.3 is 28.4 Å². The predicted octanol–water partition coefficient (Wildman–Crippen LogP) is 6.34. The van der Waals surface area contributed by atoms with E-state index in [0.29, 0.717) is 28.6 Å². The minimum atomic E-state index is -5.16. The molecule has 8 nitrogen and oxygen atoms in total. The molecule has 0 radical (unpaired) electrons. The van der Waals surface area contributed by atoms with Crippen LogP contribution >= 0.6 is 0 Å². The van der Waals surface area contributed by atoms with E-state index < -0.39 is 35.2 Å². The van der Waals surface area contributed by atoms with E-state index in [1.807, 2.05) is 0 Å². The van der Waals surface area contributed by atoms with Gasteiger partial charge in [-0.3, -0.25) is 4.79 Å². The molecule has 0 aromatic heterocycles. The van der Waals surface area contributed by atoms with Gasteiger partial charge in [-0.1, -0.05) is 48.5 Å². The first-order chi connectivity index (χ1) is 21.0. The van der Waals surface area contributed by atoms with Crippen LogP contribution in [0.2, 0.25) is 0 Å². The Balaban J connectivity index is 1.90. The van der Waals surface area contributed by atoms with E-state index in [-0.39, 0.29) is 19.3 Å². The van der Waals surface area contributed by atoms with Gasteiger partial charge in [-0.2, -0.15) is 13.2 Å². The number of hydrogen-bond acceptors (Lipinski definition) is 8. The second-order valence-electron chi connectivity index (χ2n) is 9.62. The lowest BCUT2D eigenvalue weighted by Gasteiger charge is -2.33. The molecule has 0 N–H and O–H groups in total. The lowest BCUT2D eigenvalue weighted by molar-refractivity contribution is -0.278. The van der Waals surface area contributed by atoms with E-state index in [1.165, 1.54) is 58.8 Å². The molecule has 0 spiro atoms. The second kappa shape index (κ2) is 15.3. The normalized spacial score (nSPS) is 13.5. The molecule has 0 aliphatic carbocycles. The summed E-state index contributed by atoms with van der Waals surface area (Å²) < 4.78 is 74.9. The number of ketones is 1. The number of esters is 1.